The van der Waals surface area contributed by atoms with Crippen LogP contribution in [-0.4, -0.2) is 30.1 Å². The van der Waals surface area contributed by atoms with Gasteiger partial charge in [-0.1, -0.05) is 24.3 Å². The van der Waals surface area contributed by atoms with Gasteiger partial charge in [-0.05, 0) is 24.3 Å². The molecule has 2 N–H and O–H groups in total. The minimum Gasteiger partial charge on any atom is -0.384 e. The highest BCUT2D eigenvalue weighted by atomic mass is 16.3. The van der Waals surface area contributed by atoms with E-state index in [1.807, 2.05) is 48.5 Å². The fourth-order valence-electron chi connectivity index (χ4n) is 3.09. The van der Waals surface area contributed by atoms with E-state index in [0.29, 0.717) is 44.8 Å². The lowest BCUT2D eigenvalue weighted by Gasteiger charge is -2.26. The van der Waals surface area contributed by atoms with Gasteiger partial charge in [0.05, 0.1) is 22.1 Å². The maximum absolute atomic E-state index is 10.5. The molecule has 1 aliphatic rings. The van der Waals surface area contributed by atoms with Crippen LogP contribution in [0, 0.1) is 0 Å². The molecule has 116 valence electrons. The van der Waals surface area contributed by atoms with Crippen molar-refractivity contribution < 1.29 is 10.2 Å². The summed E-state index contributed by atoms with van der Waals surface area (Å²) in [6, 6.07) is 14.8. The van der Waals surface area contributed by atoms with E-state index in [2.05, 4.69) is 19.9 Å². The molecule has 5 rings (SSSR count). The van der Waals surface area contributed by atoms with Gasteiger partial charge >= 0.3 is 0 Å². The van der Waals surface area contributed by atoms with E-state index in [9.17, 15) is 10.2 Å². The van der Waals surface area contributed by atoms with Crippen LogP contribution in [0.15, 0.2) is 48.5 Å². The third-order valence-corrected chi connectivity index (χ3v) is 4.28. The van der Waals surface area contributed by atoms with E-state index in [-0.39, 0.29) is 0 Å². The van der Waals surface area contributed by atoms with E-state index in [1.165, 1.54) is 0 Å². The first kappa shape index (κ1) is 13.5. The molecule has 4 aromatic rings. The fraction of sp³-hybridized carbons (Fsp3) is 0.111. The number of fused-ring (bicyclic) bond motifs is 5. The van der Waals surface area contributed by atoms with Crippen LogP contribution in [0.3, 0.4) is 0 Å². The van der Waals surface area contributed by atoms with Crippen molar-refractivity contribution in [3.63, 3.8) is 0 Å². The van der Waals surface area contributed by atoms with Gasteiger partial charge < -0.3 is 10.2 Å². The lowest BCUT2D eigenvalue weighted by Crippen LogP contribution is -2.22. The Morgan fingerprint density at radius 2 is 0.875 bits per heavy atom. The largest absolute Gasteiger partial charge is 0.384 e. The van der Waals surface area contributed by atoms with Crippen molar-refractivity contribution in [1.82, 2.24) is 19.9 Å². The second kappa shape index (κ2) is 4.77. The van der Waals surface area contributed by atoms with Gasteiger partial charge in [0.2, 0.25) is 0 Å². The van der Waals surface area contributed by atoms with Gasteiger partial charge in [0.15, 0.2) is 0 Å². The Morgan fingerprint density at radius 1 is 0.542 bits per heavy atom. The van der Waals surface area contributed by atoms with Crippen molar-refractivity contribution in [2.24, 2.45) is 0 Å². The molecule has 2 atom stereocenters. The van der Waals surface area contributed by atoms with Crippen molar-refractivity contribution in [3.05, 3.63) is 59.9 Å². The molecule has 2 aromatic heterocycles. The monoisotopic (exact) mass is 316 g/mol. The molecule has 2 aromatic carbocycles. The van der Waals surface area contributed by atoms with E-state index in [1.54, 1.807) is 0 Å². The lowest BCUT2D eigenvalue weighted by molar-refractivity contribution is 0.0103. The zero-order chi connectivity index (χ0) is 16.3. The third-order valence-electron chi connectivity index (χ3n) is 4.28. The van der Waals surface area contributed by atoms with E-state index in [4.69, 9.17) is 0 Å². The standard InChI is InChI=1S/C18H12N4O2/c23-17-15-13(19-9-5-1-3-7-11(9)21-15)14-16(18(17)24)22-12-8-4-2-6-10(12)20-14/h1-8,17-18,23-24H. The normalized spacial score (nSPS) is 19.2. The fourth-order valence-corrected chi connectivity index (χ4v) is 3.09. The van der Waals surface area contributed by atoms with Crippen molar-refractivity contribution in [3.8, 4) is 11.4 Å². The highest BCUT2D eigenvalue weighted by molar-refractivity contribution is 5.82. The zero-order valence-electron chi connectivity index (χ0n) is 12.5. The quantitative estimate of drug-likeness (QED) is 0.517. The summed E-state index contributed by atoms with van der Waals surface area (Å²) in [5, 5.41) is 21.0. The van der Waals surface area contributed by atoms with Crippen LogP contribution in [0.5, 0.6) is 0 Å². The van der Waals surface area contributed by atoms with Crippen molar-refractivity contribution in [2.45, 2.75) is 12.2 Å². The molecule has 1 aliphatic carbocycles. The summed E-state index contributed by atoms with van der Waals surface area (Å²) >= 11 is 0. The first-order valence-electron chi connectivity index (χ1n) is 7.62. The molecule has 2 heterocycles. The van der Waals surface area contributed by atoms with Crippen LogP contribution in [0.2, 0.25) is 0 Å². The van der Waals surface area contributed by atoms with Crippen LogP contribution < -0.4 is 0 Å². The number of hydrogen-bond donors (Lipinski definition) is 2. The van der Waals surface area contributed by atoms with Gasteiger partial charge in [-0.25, -0.2) is 19.9 Å². The number of rotatable bonds is 0. The van der Waals surface area contributed by atoms with Crippen LogP contribution in [0.4, 0.5) is 0 Å². The first-order chi connectivity index (χ1) is 11.7. The van der Waals surface area contributed by atoms with E-state index >= 15 is 0 Å². The smallest absolute Gasteiger partial charge is 0.130 e. The van der Waals surface area contributed by atoms with Crippen LogP contribution >= 0.6 is 0 Å². The Kier molecular flexibility index (Phi) is 2.68. The van der Waals surface area contributed by atoms with Crippen LogP contribution in [-0.2, 0) is 0 Å². The summed E-state index contributed by atoms with van der Waals surface area (Å²) in [7, 11) is 0. The van der Waals surface area contributed by atoms with Gasteiger partial charge in [0.25, 0.3) is 0 Å². The molecule has 2 unspecified atom stereocenters. The SMILES string of the molecule is OC1c2nc3ccccc3nc2-c2nc3ccccc3nc2C1O. The number of aromatic nitrogens is 4. The molecule has 24 heavy (non-hydrogen) atoms. The molecule has 0 aliphatic heterocycles. The first-order valence-corrected chi connectivity index (χ1v) is 7.62. The second-order valence-corrected chi connectivity index (χ2v) is 5.78. The minimum absolute atomic E-state index is 0.332. The molecular weight excluding hydrogens is 304 g/mol. The van der Waals surface area contributed by atoms with Crippen LogP contribution in [0.1, 0.15) is 23.6 Å². The van der Waals surface area contributed by atoms with E-state index in [0.717, 1.165) is 0 Å². The van der Waals surface area contributed by atoms with Gasteiger partial charge in [-0.15, -0.1) is 0 Å². The molecular formula is C18H12N4O2. The molecule has 0 saturated carbocycles. The highest BCUT2D eigenvalue weighted by Gasteiger charge is 2.36. The lowest BCUT2D eigenvalue weighted by atomic mass is 9.94. The predicted octanol–water partition coefficient (Wildman–Crippen LogP) is 2.32. The molecule has 0 amide bonds. The van der Waals surface area contributed by atoms with Gasteiger partial charge in [0.1, 0.15) is 35.0 Å². The van der Waals surface area contributed by atoms with Crippen molar-refractivity contribution in [1.29, 1.82) is 0 Å². The number of para-hydroxylation sites is 4. The third kappa shape index (κ3) is 1.78. The number of aliphatic hydroxyl groups is 2. The molecule has 6 heteroatoms. The summed E-state index contributed by atoms with van der Waals surface area (Å²) in [4.78, 5) is 18.2. The van der Waals surface area contributed by atoms with Crippen molar-refractivity contribution >= 4 is 22.1 Å². The Labute approximate surface area is 136 Å². The molecule has 0 saturated heterocycles. The topological polar surface area (TPSA) is 92.0 Å². The molecule has 0 fully saturated rings. The summed E-state index contributed by atoms with van der Waals surface area (Å²) in [5.41, 5.74) is 4.36. The maximum Gasteiger partial charge on any atom is 0.130 e. The van der Waals surface area contributed by atoms with Gasteiger partial charge in [-0.3, -0.25) is 0 Å². The molecule has 0 spiro atoms. The summed E-state index contributed by atoms with van der Waals surface area (Å²) in [6.45, 7) is 0. The predicted molar refractivity (Wildman–Crippen MR) is 88.0 cm³/mol. The second-order valence-electron chi connectivity index (χ2n) is 5.78. The Morgan fingerprint density at radius 3 is 1.25 bits per heavy atom. The maximum atomic E-state index is 10.5. The minimum atomic E-state index is -1.18. The number of benzene rings is 2. The van der Waals surface area contributed by atoms with E-state index < -0.39 is 12.2 Å². The molecule has 6 nitrogen and oxygen atoms in total. The number of nitrogens with zero attached hydrogens (tertiary/aromatic N) is 4. The Balaban J connectivity index is 1.89. The summed E-state index contributed by atoms with van der Waals surface area (Å²) in [5.74, 6) is 0. The van der Waals surface area contributed by atoms with Gasteiger partial charge in [0, 0.05) is 0 Å². The average Bonchev–Trinajstić information content (AvgIpc) is 2.64. The molecule has 0 radical (unpaired) electrons. The zero-order valence-corrected chi connectivity index (χ0v) is 12.5. The molecule has 0 bridgehead atoms. The average molecular weight is 316 g/mol. The van der Waals surface area contributed by atoms with Gasteiger partial charge in [-0.2, -0.15) is 0 Å². The Bertz CT molecular complexity index is 1020. The summed E-state index contributed by atoms with van der Waals surface area (Å²) in [6.07, 6.45) is -2.36. The Hall–Kier alpha value is -2.96. The number of aliphatic hydroxyl groups excluding tert-OH is 2. The number of hydrogen-bond acceptors (Lipinski definition) is 6. The summed E-state index contributed by atoms with van der Waals surface area (Å²) < 4.78 is 0. The van der Waals surface area contributed by atoms with Crippen molar-refractivity contribution in [2.75, 3.05) is 0 Å². The van der Waals surface area contributed by atoms with Crippen LogP contribution in [0.25, 0.3) is 33.5 Å². The highest BCUT2D eigenvalue weighted by Crippen LogP contribution is 2.41.